The van der Waals surface area contributed by atoms with Crippen molar-refractivity contribution in [3.63, 3.8) is 0 Å². The van der Waals surface area contributed by atoms with Gasteiger partial charge in [-0.25, -0.2) is 14.8 Å². The van der Waals surface area contributed by atoms with Crippen LogP contribution in [0.1, 0.15) is 38.2 Å². The minimum absolute atomic E-state index is 0.160. The Kier molecular flexibility index (Phi) is 3.96. The molecule has 7 nitrogen and oxygen atoms in total. The molecule has 1 aliphatic rings. The van der Waals surface area contributed by atoms with Gasteiger partial charge in [-0.05, 0) is 24.6 Å². The molecule has 0 spiro atoms. The molecule has 0 atom stereocenters. The summed E-state index contributed by atoms with van der Waals surface area (Å²) in [5.74, 6) is -2.02. The number of carbonyl (C=O) groups is 3. The molecule has 0 saturated heterocycles. The van der Waals surface area contributed by atoms with Crippen molar-refractivity contribution in [1.82, 2.24) is 15.0 Å². The van der Waals surface area contributed by atoms with Crippen molar-refractivity contribution >= 4 is 39.3 Å². The Labute approximate surface area is 152 Å². The van der Waals surface area contributed by atoms with Crippen LogP contribution in [0, 0.1) is 0 Å². The molecule has 1 aromatic carbocycles. The van der Waals surface area contributed by atoms with Crippen molar-refractivity contribution in [1.29, 1.82) is 0 Å². The maximum atomic E-state index is 12.3. The molecular weight excluding hydrogens is 354 g/mol. The summed E-state index contributed by atoms with van der Waals surface area (Å²) in [6, 6.07) is 8.29. The molecule has 130 valence electrons. The standard InChI is InChI=1S/C18H13N3O4S/c1-2-10-7-13-14(19-9-20-16(13)26-10)8-15(22)25-21-17(23)11-5-3-4-6-12(11)18(21)24/h3-7,9H,2,8H2,1H3. The normalized spacial score (nSPS) is 13.3. The van der Waals surface area contributed by atoms with Crippen LogP contribution in [0.5, 0.6) is 0 Å². The summed E-state index contributed by atoms with van der Waals surface area (Å²) >= 11 is 1.54. The zero-order valence-corrected chi connectivity index (χ0v) is 14.6. The van der Waals surface area contributed by atoms with Crippen LogP contribution in [0.3, 0.4) is 0 Å². The molecule has 0 bridgehead atoms. The number of carbonyl (C=O) groups excluding carboxylic acids is 3. The van der Waals surface area contributed by atoms with Gasteiger partial charge in [0.15, 0.2) is 0 Å². The van der Waals surface area contributed by atoms with Gasteiger partial charge in [-0.1, -0.05) is 24.1 Å². The van der Waals surface area contributed by atoms with Crippen LogP contribution in [0.15, 0.2) is 36.7 Å². The van der Waals surface area contributed by atoms with E-state index in [-0.39, 0.29) is 17.5 Å². The number of rotatable bonds is 4. The van der Waals surface area contributed by atoms with E-state index < -0.39 is 17.8 Å². The minimum Gasteiger partial charge on any atom is -0.329 e. The first-order valence-electron chi connectivity index (χ1n) is 7.99. The van der Waals surface area contributed by atoms with E-state index in [2.05, 4.69) is 9.97 Å². The van der Waals surface area contributed by atoms with E-state index in [0.29, 0.717) is 10.8 Å². The van der Waals surface area contributed by atoms with Crippen molar-refractivity contribution in [3.05, 3.63) is 58.4 Å². The summed E-state index contributed by atoms with van der Waals surface area (Å²) < 4.78 is 0. The largest absolute Gasteiger partial charge is 0.339 e. The number of benzene rings is 1. The highest BCUT2D eigenvalue weighted by Crippen LogP contribution is 2.27. The van der Waals surface area contributed by atoms with Crippen molar-refractivity contribution in [2.75, 3.05) is 0 Å². The van der Waals surface area contributed by atoms with Crippen LogP contribution >= 0.6 is 11.3 Å². The molecule has 0 saturated carbocycles. The number of hydrogen-bond donors (Lipinski definition) is 0. The number of fused-ring (bicyclic) bond motifs is 2. The molecule has 0 fully saturated rings. The number of thiophene rings is 1. The topological polar surface area (TPSA) is 89.5 Å². The van der Waals surface area contributed by atoms with Gasteiger partial charge in [0, 0.05) is 10.3 Å². The lowest BCUT2D eigenvalue weighted by atomic mass is 10.1. The van der Waals surface area contributed by atoms with Gasteiger partial charge in [0.05, 0.1) is 23.2 Å². The second kappa shape index (κ2) is 6.30. The first-order chi connectivity index (χ1) is 12.6. The van der Waals surface area contributed by atoms with E-state index in [9.17, 15) is 14.4 Å². The van der Waals surface area contributed by atoms with Gasteiger partial charge in [0.25, 0.3) is 11.8 Å². The zero-order chi connectivity index (χ0) is 18.3. The third-order valence-corrected chi connectivity index (χ3v) is 5.26. The fourth-order valence-corrected chi connectivity index (χ4v) is 3.75. The lowest BCUT2D eigenvalue weighted by Gasteiger charge is -2.12. The third kappa shape index (κ3) is 2.64. The van der Waals surface area contributed by atoms with E-state index in [1.165, 1.54) is 18.5 Å². The third-order valence-electron chi connectivity index (χ3n) is 4.07. The van der Waals surface area contributed by atoms with Gasteiger partial charge in [0.2, 0.25) is 0 Å². The second-order valence-corrected chi connectivity index (χ2v) is 6.81. The summed E-state index contributed by atoms with van der Waals surface area (Å²) in [7, 11) is 0. The number of hydrogen-bond acceptors (Lipinski definition) is 7. The summed E-state index contributed by atoms with van der Waals surface area (Å²) in [6.45, 7) is 2.04. The molecule has 3 heterocycles. The van der Waals surface area contributed by atoms with E-state index in [1.54, 1.807) is 23.5 Å². The Morgan fingerprint density at radius 2 is 1.85 bits per heavy atom. The lowest BCUT2D eigenvalue weighted by Crippen LogP contribution is -2.33. The maximum absolute atomic E-state index is 12.3. The molecule has 3 aromatic rings. The molecule has 0 radical (unpaired) electrons. The fourth-order valence-electron chi connectivity index (χ4n) is 2.79. The highest BCUT2D eigenvalue weighted by Gasteiger charge is 2.38. The van der Waals surface area contributed by atoms with Gasteiger partial charge in [-0.15, -0.1) is 11.3 Å². The summed E-state index contributed by atoms with van der Waals surface area (Å²) in [6.07, 6.45) is 2.09. The highest BCUT2D eigenvalue weighted by atomic mass is 32.1. The van der Waals surface area contributed by atoms with Gasteiger partial charge < -0.3 is 4.84 Å². The fraction of sp³-hybridized carbons (Fsp3) is 0.167. The lowest BCUT2D eigenvalue weighted by molar-refractivity contribution is -0.167. The predicted molar refractivity (Wildman–Crippen MR) is 93.5 cm³/mol. The van der Waals surface area contributed by atoms with E-state index in [4.69, 9.17) is 4.84 Å². The average molecular weight is 367 g/mol. The maximum Gasteiger partial charge on any atom is 0.339 e. The zero-order valence-electron chi connectivity index (χ0n) is 13.8. The smallest absolute Gasteiger partial charge is 0.329 e. The van der Waals surface area contributed by atoms with Crippen molar-refractivity contribution in [3.8, 4) is 0 Å². The Balaban J connectivity index is 1.55. The molecule has 4 rings (SSSR count). The molecule has 0 unspecified atom stereocenters. The van der Waals surface area contributed by atoms with Crippen molar-refractivity contribution < 1.29 is 19.2 Å². The Hall–Kier alpha value is -3.13. The number of hydroxylamine groups is 2. The monoisotopic (exact) mass is 367 g/mol. The van der Waals surface area contributed by atoms with Crippen molar-refractivity contribution in [2.24, 2.45) is 0 Å². The Morgan fingerprint density at radius 3 is 2.50 bits per heavy atom. The summed E-state index contributed by atoms with van der Waals surface area (Å²) in [5, 5.41) is 1.30. The Morgan fingerprint density at radius 1 is 1.15 bits per heavy atom. The van der Waals surface area contributed by atoms with Crippen LogP contribution in [0.4, 0.5) is 0 Å². The average Bonchev–Trinajstić information content (AvgIpc) is 3.18. The van der Waals surface area contributed by atoms with Gasteiger partial charge in [-0.3, -0.25) is 9.59 Å². The van der Waals surface area contributed by atoms with Crippen LogP contribution < -0.4 is 0 Å². The van der Waals surface area contributed by atoms with Gasteiger partial charge >= 0.3 is 5.97 Å². The number of imide groups is 1. The van der Waals surface area contributed by atoms with E-state index in [0.717, 1.165) is 21.5 Å². The first-order valence-corrected chi connectivity index (χ1v) is 8.81. The molecule has 26 heavy (non-hydrogen) atoms. The summed E-state index contributed by atoms with van der Waals surface area (Å²) in [5.41, 5.74) is 0.952. The Bertz CT molecular complexity index is 1020. The molecule has 2 aromatic heterocycles. The number of aryl methyl sites for hydroxylation is 1. The van der Waals surface area contributed by atoms with Gasteiger partial charge in [-0.2, -0.15) is 0 Å². The SMILES string of the molecule is CCc1cc2c(CC(=O)ON3C(=O)c4ccccc4C3=O)ncnc2s1. The highest BCUT2D eigenvalue weighted by molar-refractivity contribution is 7.18. The molecule has 2 amide bonds. The number of nitrogens with zero attached hydrogens (tertiary/aromatic N) is 3. The predicted octanol–water partition coefficient (Wildman–Crippen LogP) is 2.55. The minimum atomic E-state index is -0.733. The molecule has 0 N–H and O–H groups in total. The summed E-state index contributed by atoms with van der Waals surface area (Å²) in [4.78, 5) is 52.1. The number of amides is 2. The number of aromatic nitrogens is 2. The van der Waals surface area contributed by atoms with Crippen LogP contribution in [-0.4, -0.2) is 32.8 Å². The van der Waals surface area contributed by atoms with Crippen LogP contribution in [0.2, 0.25) is 0 Å². The van der Waals surface area contributed by atoms with Crippen molar-refractivity contribution in [2.45, 2.75) is 19.8 Å². The molecule has 8 heteroatoms. The quantitative estimate of drug-likeness (QED) is 0.659. The van der Waals surface area contributed by atoms with Gasteiger partial charge in [0.1, 0.15) is 11.2 Å². The molecular formula is C18H13N3O4S. The van der Waals surface area contributed by atoms with Crippen LogP contribution in [0.25, 0.3) is 10.2 Å². The molecule has 1 aliphatic heterocycles. The van der Waals surface area contributed by atoms with E-state index in [1.807, 2.05) is 13.0 Å². The van der Waals surface area contributed by atoms with E-state index >= 15 is 0 Å². The first kappa shape index (κ1) is 16.3. The second-order valence-electron chi connectivity index (χ2n) is 5.70. The molecule has 0 aliphatic carbocycles. The van der Waals surface area contributed by atoms with Crippen LogP contribution in [-0.2, 0) is 22.5 Å².